The van der Waals surface area contributed by atoms with Crippen LogP contribution in [0.2, 0.25) is 0 Å². The summed E-state index contributed by atoms with van der Waals surface area (Å²) < 4.78 is 0. The first-order chi connectivity index (χ1) is 9.10. The van der Waals surface area contributed by atoms with E-state index < -0.39 is 5.91 Å². The van der Waals surface area contributed by atoms with E-state index in [2.05, 4.69) is 22.2 Å². The number of likely N-dealkylation sites (tertiary alicyclic amines) is 1. The Kier molecular flexibility index (Phi) is 4.47. The smallest absolute Gasteiger partial charge is 0.283 e. The zero-order chi connectivity index (χ0) is 13.8. The second-order valence-electron chi connectivity index (χ2n) is 5.06. The lowest BCUT2D eigenvalue weighted by atomic mass is 9.96. The van der Waals surface area contributed by atoms with Gasteiger partial charge in [0.2, 0.25) is 0 Å². The summed E-state index contributed by atoms with van der Waals surface area (Å²) >= 11 is 0. The van der Waals surface area contributed by atoms with Gasteiger partial charge < -0.3 is 5.11 Å². The van der Waals surface area contributed by atoms with Crippen LogP contribution >= 0.6 is 0 Å². The molecular formula is C13H20N4O2. The number of β-amino-alcohol motifs (C(OH)–C–C–N with tert-alkyl or cyclic N) is 1. The van der Waals surface area contributed by atoms with E-state index in [0.717, 1.165) is 18.7 Å². The Labute approximate surface area is 112 Å². The molecule has 1 aliphatic rings. The van der Waals surface area contributed by atoms with Crippen molar-refractivity contribution < 1.29 is 9.90 Å². The standard InChI is InChI=1S/C13H20N4O2/c1-9-5-6-17(8-12(9)18)7-10-3-2-4-11(15-10)13(19)16-14/h2-4,9,12,18H,5-8,14H2,1H3,(H,16,19). The van der Waals surface area contributed by atoms with Crippen LogP contribution in [-0.2, 0) is 6.54 Å². The predicted molar refractivity (Wildman–Crippen MR) is 71.0 cm³/mol. The van der Waals surface area contributed by atoms with Gasteiger partial charge in [0, 0.05) is 13.1 Å². The molecule has 0 aromatic carbocycles. The fourth-order valence-electron chi connectivity index (χ4n) is 2.26. The molecule has 0 radical (unpaired) electrons. The average molecular weight is 264 g/mol. The van der Waals surface area contributed by atoms with Crippen molar-refractivity contribution in [3.8, 4) is 0 Å². The van der Waals surface area contributed by atoms with Crippen molar-refractivity contribution in [2.75, 3.05) is 13.1 Å². The highest BCUT2D eigenvalue weighted by Crippen LogP contribution is 2.18. The van der Waals surface area contributed by atoms with E-state index in [1.165, 1.54) is 0 Å². The Morgan fingerprint density at radius 1 is 1.63 bits per heavy atom. The fraction of sp³-hybridized carbons (Fsp3) is 0.538. The molecule has 0 aliphatic carbocycles. The number of hydrazine groups is 1. The predicted octanol–water partition coefficient (Wildman–Crippen LogP) is -0.112. The second kappa shape index (κ2) is 6.10. The third kappa shape index (κ3) is 3.50. The molecule has 2 atom stereocenters. The van der Waals surface area contributed by atoms with E-state index in [4.69, 9.17) is 5.84 Å². The summed E-state index contributed by atoms with van der Waals surface area (Å²) in [5.41, 5.74) is 3.19. The highest BCUT2D eigenvalue weighted by atomic mass is 16.3. The van der Waals surface area contributed by atoms with E-state index in [1.54, 1.807) is 12.1 Å². The molecule has 0 spiro atoms. The lowest BCUT2D eigenvalue weighted by molar-refractivity contribution is 0.0254. The first-order valence-electron chi connectivity index (χ1n) is 6.47. The number of carbonyl (C=O) groups excluding carboxylic acids is 1. The molecule has 0 saturated carbocycles. The summed E-state index contributed by atoms with van der Waals surface area (Å²) in [7, 11) is 0. The molecule has 1 aromatic heterocycles. The van der Waals surface area contributed by atoms with Crippen molar-refractivity contribution in [2.45, 2.75) is 26.0 Å². The Morgan fingerprint density at radius 3 is 3.11 bits per heavy atom. The molecule has 1 amide bonds. The van der Waals surface area contributed by atoms with Crippen molar-refractivity contribution in [2.24, 2.45) is 11.8 Å². The molecule has 19 heavy (non-hydrogen) atoms. The molecule has 4 N–H and O–H groups in total. The second-order valence-corrected chi connectivity index (χ2v) is 5.06. The van der Waals surface area contributed by atoms with Gasteiger partial charge >= 0.3 is 0 Å². The summed E-state index contributed by atoms with van der Waals surface area (Å²) in [5, 5.41) is 9.86. The maximum absolute atomic E-state index is 11.4. The molecule has 2 heterocycles. The Morgan fingerprint density at radius 2 is 2.42 bits per heavy atom. The van der Waals surface area contributed by atoms with Crippen LogP contribution in [-0.4, -0.2) is 40.1 Å². The van der Waals surface area contributed by atoms with Gasteiger partial charge in [0.1, 0.15) is 5.69 Å². The number of rotatable bonds is 3. The van der Waals surface area contributed by atoms with E-state index in [-0.39, 0.29) is 6.10 Å². The number of nitrogens with one attached hydrogen (secondary N) is 1. The summed E-state index contributed by atoms with van der Waals surface area (Å²) in [6.45, 7) is 4.28. The molecule has 2 unspecified atom stereocenters. The third-order valence-electron chi connectivity index (χ3n) is 3.56. The quantitative estimate of drug-likeness (QED) is 0.402. The number of pyridine rings is 1. The van der Waals surface area contributed by atoms with E-state index in [0.29, 0.717) is 24.7 Å². The van der Waals surface area contributed by atoms with Crippen LogP contribution in [0, 0.1) is 5.92 Å². The molecular weight excluding hydrogens is 244 g/mol. The van der Waals surface area contributed by atoms with Crippen molar-refractivity contribution in [3.05, 3.63) is 29.6 Å². The molecule has 1 aromatic rings. The van der Waals surface area contributed by atoms with Crippen LogP contribution in [0.1, 0.15) is 29.5 Å². The van der Waals surface area contributed by atoms with Crippen molar-refractivity contribution in [1.82, 2.24) is 15.3 Å². The first kappa shape index (κ1) is 13.9. The number of hydrogen-bond donors (Lipinski definition) is 3. The van der Waals surface area contributed by atoms with Gasteiger partial charge in [-0.15, -0.1) is 0 Å². The van der Waals surface area contributed by atoms with E-state index in [1.807, 2.05) is 6.07 Å². The number of aliphatic hydroxyl groups is 1. The highest BCUT2D eigenvalue weighted by Gasteiger charge is 2.24. The number of nitrogens with two attached hydrogens (primary N) is 1. The zero-order valence-electron chi connectivity index (χ0n) is 11.0. The monoisotopic (exact) mass is 264 g/mol. The minimum Gasteiger partial charge on any atom is -0.392 e. The molecule has 1 saturated heterocycles. The van der Waals surface area contributed by atoms with Gasteiger partial charge in [-0.05, 0) is 31.0 Å². The minimum atomic E-state index is -0.394. The molecule has 1 aliphatic heterocycles. The molecule has 6 nitrogen and oxygen atoms in total. The molecule has 104 valence electrons. The molecule has 1 fully saturated rings. The van der Waals surface area contributed by atoms with Gasteiger partial charge in [-0.1, -0.05) is 13.0 Å². The Hall–Kier alpha value is -1.50. The molecule has 6 heteroatoms. The van der Waals surface area contributed by atoms with Crippen LogP contribution in [0.15, 0.2) is 18.2 Å². The maximum atomic E-state index is 11.4. The normalized spacial score (nSPS) is 24.2. The van der Waals surface area contributed by atoms with Crippen LogP contribution in [0.3, 0.4) is 0 Å². The fourth-order valence-corrected chi connectivity index (χ4v) is 2.26. The zero-order valence-corrected chi connectivity index (χ0v) is 11.0. The summed E-state index contributed by atoms with van der Waals surface area (Å²) in [5.74, 6) is 5.04. The summed E-state index contributed by atoms with van der Waals surface area (Å²) in [4.78, 5) is 17.8. The summed E-state index contributed by atoms with van der Waals surface area (Å²) in [6.07, 6.45) is 0.689. The van der Waals surface area contributed by atoms with Crippen molar-refractivity contribution >= 4 is 5.91 Å². The highest BCUT2D eigenvalue weighted by molar-refractivity contribution is 5.91. The number of nitrogens with zero attached hydrogens (tertiary/aromatic N) is 2. The van der Waals surface area contributed by atoms with Crippen molar-refractivity contribution in [3.63, 3.8) is 0 Å². The SMILES string of the molecule is CC1CCN(Cc2cccc(C(=O)NN)n2)CC1O. The van der Waals surface area contributed by atoms with Gasteiger partial charge in [0.05, 0.1) is 11.8 Å². The first-order valence-corrected chi connectivity index (χ1v) is 6.47. The number of piperidine rings is 1. The number of hydrogen-bond acceptors (Lipinski definition) is 5. The van der Waals surface area contributed by atoms with Crippen molar-refractivity contribution in [1.29, 1.82) is 0 Å². The lowest BCUT2D eigenvalue weighted by Crippen LogP contribution is -2.42. The molecule has 2 rings (SSSR count). The number of amides is 1. The van der Waals surface area contributed by atoms with Crippen LogP contribution in [0.25, 0.3) is 0 Å². The number of carbonyl (C=O) groups is 1. The Balaban J connectivity index is 2.01. The Bertz CT molecular complexity index is 452. The average Bonchev–Trinajstić information content (AvgIpc) is 2.42. The van der Waals surface area contributed by atoms with Gasteiger partial charge in [0.25, 0.3) is 5.91 Å². The van der Waals surface area contributed by atoms with Crippen LogP contribution in [0.5, 0.6) is 0 Å². The maximum Gasteiger partial charge on any atom is 0.283 e. The number of aliphatic hydroxyl groups excluding tert-OH is 1. The summed E-state index contributed by atoms with van der Waals surface area (Å²) in [6, 6.07) is 5.28. The van der Waals surface area contributed by atoms with Crippen LogP contribution in [0.4, 0.5) is 0 Å². The number of nitrogen functional groups attached to an aromatic ring is 1. The lowest BCUT2D eigenvalue weighted by Gasteiger charge is -2.33. The largest absolute Gasteiger partial charge is 0.392 e. The minimum absolute atomic E-state index is 0.288. The van der Waals surface area contributed by atoms with Crippen LogP contribution < -0.4 is 11.3 Å². The topological polar surface area (TPSA) is 91.5 Å². The van der Waals surface area contributed by atoms with Gasteiger partial charge in [-0.25, -0.2) is 10.8 Å². The van der Waals surface area contributed by atoms with Gasteiger partial charge in [-0.2, -0.15) is 0 Å². The van der Waals surface area contributed by atoms with E-state index >= 15 is 0 Å². The van der Waals surface area contributed by atoms with Gasteiger partial charge in [-0.3, -0.25) is 15.1 Å². The number of aromatic nitrogens is 1. The third-order valence-corrected chi connectivity index (χ3v) is 3.56. The molecule has 0 bridgehead atoms. The van der Waals surface area contributed by atoms with Gasteiger partial charge in [0.15, 0.2) is 0 Å². The van der Waals surface area contributed by atoms with E-state index in [9.17, 15) is 9.90 Å².